The summed E-state index contributed by atoms with van der Waals surface area (Å²) >= 11 is 0. The molecule has 0 unspecified atom stereocenters. The molecule has 0 saturated heterocycles. The van der Waals surface area contributed by atoms with Gasteiger partial charge in [0.15, 0.2) is 0 Å². The van der Waals surface area contributed by atoms with Crippen LogP contribution in [0.5, 0.6) is 0 Å². The van der Waals surface area contributed by atoms with Gasteiger partial charge in [0.25, 0.3) is 0 Å². The summed E-state index contributed by atoms with van der Waals surface area (Å²) in [5.41, 5.74) is 9.35. The topological polar surface area (TPSA) is 41.8 Å². The van der Waals surface area contributed by atoms with E-state index in [1.807, 2.05) is 0 Å². The molecule has 3 N–H and O–H groups in total. The lowest BCUT2D eigenvalue weighted by Gasteiger charge is -1.94. The molecule has 2 rings (SSSR count). The molecule has 0 amide bonds. The molecule has 0 atom stereocenters. The highest BCUT2D eigenvalue weighted by Crippen LogP contribution is 2.17. The Balaban J connectivity index is 2.43. The molecule has 14 heavy (non-hydrogen) atoms. The molecular weight excluding hydrogens is 172 g/mol. The van der Waals surface area contributed by atoms with Crippen molar-refractivity contribution in [2.24, 2.45) is 5.73 Å². The zero-order chi connectivity index (χ0) is 9.97. The third-order valence-electron chi connectivity index (χ3n) is 2.56. The van der Waals surface area contributed by atoms with Crippen LogP contribution in [0, 0.1) is 0 Å². The van der Waals surface area contributed by atoms with E-state index >= 15 is 0 Å². The van der Waals surface area contributed by atoms with Gasteiger partial charge in [-0.2, -0.15) is 0 Å². The molecular formula is C12H16N2. The van der Waals surface area contributed by atoms with Gasteiger partial charge in [-0.25, -0.2) is 0 Å². The number of rotatable bonds is 3. The summed E-state index contributed by atoms with van der Waals surface area (Å²) in [6.45, 7) is 2.88. The number of benzene rings is 1. The predicted octanol–water partition coefficient (Wildman–Crippen LogP) is 2.23. The Labute approximate surface area is 84.1 Å². The summed E-state index contributed by atoms with van der Waals surface area (Å²) in [7, 11) is 0. The van der Waals surface area contributed by atoms with Gasteiger partial charge in [0.2, 0.25) is 0 Å². The van der Waals surface area contributed by atoms with Crippen molar-refractivity contribution < 1.29 is 0 Å². The van der Waals surface area contributed by atoms with Crippen LogP contribution in [0.4, 0.5) is 0 Å². The lowest BCUT2D eigenvalue weighted by atomic mass is 10.1. The van der Waals surface area contributed by atoms with Gasteiger partial charge < -0.3 is 10.7 Å². The van der Waals surface area contributed by atoms with Crippen LogP contribution in [0.2, 0.25) is 0 Å². The first-order valence-corrected chi connectivity index (χ1v) is 5.14. The second kappa shape index (κ2) is 3.84. The third-order valence-corrected chi connectivity index (χ3v) is 2.56. The summed E-state index contributed by atoms with van der Waals surface area (Å²) in [6, 6.07) is 8.76. The van der Waals surface area contributed by atoms with Crippen molar-refractivity contribution in [1.82, 2.24) is 4.98 Å². The fraction of sp³-hybridized carbons (Fsp3) is 0.333. The molecule has 1 heterocycles. The largest absolute Gasteiger partial charge is 0.358 e. The van der Waals surface area contributed by atoms with E-state index in [0.29, 0.717) is 6.54 Å². The van der Waals surface area contributed by atoms with E-state index in [9.17, 15) is 0 Å². The standard InChI is InChI=1S/C12H16N2/c1-2-9-3-4-12-10(7-9)8-11(14-12)5-6-13/h3-4,7-8,14H,2,5-6,13H2,1H3. The van der Waals surface area contributed by atoms with Gasteiger partial charge >= 0.3 is 0 Å². The monoisotopic (exact) mass is 188 g/mol. The van der Waals surface area contributed by atoms with E-state index in [4.69, 9.17) is 5.73 Å². The normalized spacial score (nSPS) is 11.0. The minimum Gasteiger partial charge on any atom is -0.358 e. The minimum atomic E-state index is 0.702. The zero-order valence-corrected chi connectivity index (χ0v) is 8.51. The van der Waals surface area contributed by atoms with Crippen LogP contribution < -0.4 is 5.73 Å². The van der Waals surface area contributed by atoms with Crippen LogP contribution in [0.1, 0.15) is 18.2 Å². The Morgan fingerprint density at radius 1 is 1.29 bits per heavy atom. The van der Waals surface area contributed by atoms with Gasteiger partial charge in [-0.1, -0.05) is 13.0 Å². The smallest absolute Gasteiger partial charge is 0.0456 e. The van der Waals surface area contributed by atoms with Gasteiger partial charge in [0, 0.05) is 11.2 Å². The summed E-state index contributed by atoms with van der Waals surface area (Å²) in [6.07, 6.45) is 2.02. The van der Waals surface area contributed by atoms with Gasteiger partial charge in [0.1, 0.15) is 0 Å². The number of nitrogens with one attached hydrogen (secondary N) is 1. The maximum atomic E-state index is 5.52. The Kier molecular flexibility index (Phi) is 2.55. The molecule has 1 aromatic heterocycles. The number of aromatic amines is 1. The Morgan fingerprint density at radius 3 is 2.86 bits per heavy atom. The van der Waals surface area contributed by atoms with Crippen molar-refractivity contribution in [3.8, 4) is 0 Å². The van der Waals surface area contributed by atoms with Crippen LogP contribution >= 0.6 is 0 Å². The average Bonchev–Trinajstić information content (AvgIpc) is 2.59. The molecule has 2 nitrogen and oxygen atoms in total. The first kappa shape index (κ1) is 9.28. The fourth-order valence-electron chi connectivity index (χ4n) is 1.75. The number of fused-ring (bicyclic) bond motifs is 1. The molecule has 0 fully saturated rings. The number of H-pyrrole nitrogens is 1. The zero-order valence-electron chi connectivity index (χ0n) is 8.51. The predicted molar refractivity (Wildman–Crippen MR) is 60.4 cm³/mol. The average molecular weight is 188 g/mol. The van der Waals surface area contributed by atoms with Gasteiger partial charge in [-0.3, -0.25) is 0 Å². The number of nitrogens with two attached hydrogens (primary N) is 1. The van der Waals surface area contributed by atoms with Crippen LogP contribution in [0.3, 0.4) is 0 Å². The highest BCUT2D eigenvalue weighted by molar-refractivity contribution is 5.81. The lowest BCUT2D eigenvalue weighted by molar-refractivity contribution is 0.940. The maximum Gasteiger partial charge on any atom is 0.0456 e. The van der Waals surface area contributed by atoms with Crippen LogP contribution in [-0.2, 0) is 12.8 Å². The first-order valence-electron chi connectivity index (χ1n) is 5.14. The number of hydrogen-bond acceptors (Lipinski definition) is 1. The van der Waals surface area contributed by atoms with E-state index in [2.05, 4.69) is 36.2 Å². The molecule has 0 aliphatic rings. The van der Waals surface area contributed by atoms with Gasteiger partial charge in [-0.15, -0.1) is 0 Å². The van der Waals surface area contributed by atoms with Crippen molar-refractivity contribution in [1.29, 1.82) is 0 Å². The summed E-state index contributed by atoms with van der Waals surface area (Å²) < 4.78 is 0. The third kappa shape index (κ3) is 1.66. The second-order valence-electron chi connectivity index (χ2n) is 3.61. The molecule has 0 saturated carbocycles. The number of hydrogen-bond donors (Lipinski definition) is 2. The Hall–Kier alpha value is -1.28. The number of aromatic nitrogens is 1. The maximum absolute atomic E-state index is 5.52. The molecule has 0 aliphatic carbocycles. The molecule has 2 heteroatoms. The SMILES string of the molecule is CCc1ccc2[nH]c(CCN)cc2c1. The van der Waals surface area contributed by atoms with E-state index in [0.717, 1.165) is 12.8 Å². The van der Waals surface area contributed by atoms with Crippen LogP contribution in [-0.4, -0.2) is 11.5 Å². The van der Waals surface area contributed by atoms with E-state index < -0.39 is 0 Å². The van der Waals surface area contributed by atoms with Crippen molar-refractivity contribution in [3.63, 3.8) is 0 Å². The second-order valence-corrected chi connectivity index (χ2v) is 3.61. The Morgan fingerprint density at radius 2 is 2.14 bits per heavy atom. The van der Waals surface area contributed by atoms with E-state index in [-0.39, 0.29) is 0 Å². The molecule has 2 aromatic rings. The molecule has 0 spiro atoms. The molecule has 0 aliphatic heterocycles. The van der Waals surface area contributed by atoms with Crippen molar-refractivity contribution in [2.45, 2.75) is 19.8 Å². The van der Waals surface area contributed by atoms with Crippen LogP contribution in [0.15, 0.2) is 24.3 Å². The minimum absolute atomic E-state index is 0.702. The molecule has 0 radical (unpaired) electrons. The van der Waals surface area contributed by atoms with Crippen molar-refractivity contribution >= 4 is 10.9 Å². The highest BCUT2D eigenvalue weighted by Gasteiger charge is 2.00. The van der Waals surface area contributed by atoms with Gasteiger partial charge in [-0.05, 0) is 48.5 Å². The summed E-state index contributed by atoms with van der Waals surface area (Å²) in [4.78, 5) is 3.37. The molecule has 1 aromatic carbocycles. The first-order chi connectivity index (χ1) is 6.83. The quantitative estimate of drug-likeness (QED) is 0.762. The lowest BCUT2D eigenvalue weighted by Crippen LogP contribution is -2.02. The van der Waals surface area contributed by atoms with Crippen molar-refractivity contribution in [3.05, 3.63) is 35.5 Å². The fourth-order valence-corrected chi connectivity index (χ4v) is 1.75. The van der Waals surface area contributed by atoms with Gasteiger partial charge in [0.05, 0.1) is 0 Å². The van der Waals surface area contributed by atoms with Crippen molar-refractivity contribution in [2.75, 3.05) is 6.54 Å². The molecule has 0 bridgehead atoms. The molecule has 74 valence electrons. The summed E-state index contributed by atoms with van der Waals surface area (Å²) in [5, 5.41) is 1.30. The van der Waals surface area contributed by atoms with E-state index in [1.165, 1.54) is 22.2 Å². The summed E-state index contributed by atoms with van der Waals surface area (Å²) in [5.74, 6) is 0. The highest BCUT2D eigenvalue weighted by atomic mass is 14.7. The van der Waals surface area contributed by atoms with E-state index in [1.54, 1.807) is 0 Å². The van der Waals surface area contributed by atoms with Crippen LogP contribution in [0.25, 0.3) is 10.9 Å². The Bertz CT molecular complexity index is 429. The number of aryl methyl sites for hydroxylation is 1.